The molecule has 0 spiro atoms. The van der Waals surface area contributed by atoms with Crippen LogP contribution in [0, 0.1) is 5.92 Å². The molecular weight excluding hydrogens is 426 g/mol. The number of phenols is 1. The van der Waals surface area contributed by atoms with Crippen LogP contribution in [0.3, 0.4) is 0 Å². The Kier molecular flexibility index (Phi) is 6.39. The Hall–Kier alpha value is -1.95. The second-order valence-electron chi connectivity index (χ2n) is 5.92. The quantitative estimate of drug-likeness (QED) is 0.404. The van der Waals surface area contributed by atoms with Crippen molar-refractivity contribution in [3.63, 3.8) is 0 Å². The summed E-state index contributed by atoms with van der Waals surface area (Å²) in [5.41, 5.74) is 0.216. The van der Waals surface area contributed by atoms with E-state index in [2.05, 4.69) is 36.5 Å². The highest BCUT2D eigenvalue weighted by molar-refractivity contribution is 9.10. The number of halogens is 1. The minimum Gasteiger partial charge on any atom is -0.506 e. The summed E-state index contributed by atoms with van der Waals surface area (Å²) in [6, 6.07) is 3.46. The molecule has 0 unspecified atom stereocenters. The molecule has 6 N–H and O–H groups in total. The fourth-order valence-corrected chi connectivity index (χ4v) is 2.88. The first-order valence-corrected chi connectivity index (χ1v) is 9.98. The number of benzene rings is 1. The Bertz CT molecular complexity index is 892. The summed E-state index contributed by atoms with van der Waals surface area (Å²) in [5.74, 6) is 0.506. The first-order valence-electron chi connectivity index (χ1n) is 7.64. The standard InChI is InChI=1S/C15H20BrN5O4S/c1-8(2)12(7-22)19-14-10(16)6-18-15(21-14)20-11-4-3-9(5-13(11)23)26(17,24)25/h3-6,8,12,22-23H,7H2,1-2H3,(H2,17,24,25)(H2,18,19,20,21)/t12-/m0/s1. The van der Waals surface area contributed by atoms with Crippen molar-refractivity contribution in [1.82, 2.24) is 9.97 Å². The smallest absolute Gasteiger partial charge is 0.238 e. The maximum absolute atomic E-state index is 11.3. The minimum atomic E-state index is -3.91. The Labute approximate surface area is 159 Å². The summed E-state index contributed by atoms with van der Waals surface area (Å²) >= 11 is 3.34. The van der Waals surface area contributed by atoms with E-state index in [4.69, 9.17) is 5.14 Å². The molecule has 1 atom stereocenters. The maximum Gasteiger partial charge on any atom is 0.238 e. The van der Waals surface area contributed by atoms with Crippen LogP contribution in [0.4, 0.5) is 17.5 Å². The summed E-state index contributed by atoms with van der Waals surface area (Å²) in [7, 11) is -3.91. The summed E-state index contributed by atoms with van der Waals surface area (Å²) in [5, 5.41) is 30.4. The number of phenolic OH excluding ortho intramolecular Hbond substituents is 1. The van der Waals surface area contributed by atoms with E-state index >= 15 is 0 Å². The van der Waals surface area contributed by atoms with Gasteiger partial charge in [-0.05, 0) is 34.0 Å². The molecule has 1 aromatic heterocycles. The fraction of sp³-hybridized carbons (Fsp3) is 0.333. The number of anilines is 3. The van der Waals surface area contributed by atoms with Gasteiger partial charge < -0.3 is 20.8 Å². The molecule has 0 aliphatic heterocycles. The van der Waals surface area contributed by atoms with Crippen molar-refractivity contribution in [3.05, 3.63) is 28.9 Å². The van der Waals surface area contributed by atoms with Crippen molar-refractivity contribution in [3.8, 4) is 5.75 Å². The van der Waals surface area contributed by atoms with E-state index in [0.29, 0.717) is 10.3 Å². The van der Waals surface area contributed by atoms with E-state index in [0.717, 1.165) is 6.07 Å². The van der Waals surface area contributed by atoms with E-state index in [1.165, 1.54) is 18.3 Å². The molecule has 9 nitrogen and oxygen atoms in total. The van der Waals surface area contributed by atoms with Gasteiger partial charge in [0.25, 0.3) is 0 Å². The highest BCUT2D eigenvalue weighted by atomic mass is 79.9. The Morgan fingerprint density at radius 3 is 2.58 bits per heavy atom. The number of nitrogens with two attached hydrogens (primary N) is 1. The molecular formula is C15H20BrN5O4S. The Balaban J connectivity index is 2.27. The summed E-state index contributed by atoms with van der Waals surface area (Å²) in [6.07, 6.45) is 1.52. The normalized spacial score (nSPS) is 12.8. The average molecular weight is 446 g/mol. The summed E-state index contributed by atoms with van der Waals surface area (Å²) < 4.78 is 23.2. The zero-order chi connectivity index (χ0) is 19.5. The number of hydrogen-bond donors (Lipinski definition) is 5. The lowest BCUT2D eigenvalue weighted by Gasteiger charge is -2.21. The monoisotopic (exact) mass is 445 g/mol. The Morgan fingerprint density at radius 1 is 1.35 bits per heavy atom. The van der Waals surface area contributed by atoms with Crippen molar-refractivity contribution < 1.29 is 18.6 Å². The topological polar surface area (TPSA) is 150 Å². The van der Waals surface area contributed by atoms with E-state index in [1.807, 2.05) is 13.8 Å². The second-order valence-corrected chi connectivity index (χ2v) is 8.33. The SMILES string of the molecule is CC(C)[C@H](CO)Nc1nc(Nc2ccc(S(N)(=O)=O)cc2O)ncc1Br. The van der Waals surface area contributed by atoms with E-state index < -0.39 is 10.0 Å². The lowest BCUT2D eigenvalue weighted by molar-refractivity contribution is 0.249. The molecule has 0 saturated carbocycles. The number of nitrogens with one attached hydrogen (secondary N) is 2. The fourth-order valence-electron chi connectivity index (χ4n) is 2.04. The van der Waals surface area contributed by atoms with Gasteiger partial charge in [-0.25, -0.2) is 18.5 Å². The number of hydrogen-bond acceptors (Lipinski definition) is 8. The van der Waals surface area contributed by atoms with Crippen LogP contribution in [-0.2, 0) is 10.0 Å². The molecule has 0 radical (unpaired) electrons. The summed E-state index contributed by atoms with van der Waals surface area (Å²) in [4.78, 5) is 8.20. The van der Waals surface area contributed by atoms with Gasteiger partial charge in [0.15, 0.2) is 0 Å². The van der Waals surface area contributed by atoms with Crippen molar-refractivity contribution in [2.24, 2.45) is 11.1 Å². The van der Waals surface area contributed by atoms with Crippen molar-refractivity contribution in [2.75, 3.05) is 17.2 Å². The zero-order valence-corrected chi connectivity index (χ0v) is 16.5. The van der Waals surface area contributed by atoms with Crippen LogP contribution in [0.15, 0.2) is 33.8 Å². The summed E-state index contributed by atoms with van der Waals surface area (Å²) in [6.45, 7) is 3.87. The molecule has 1 heterocycles. The highest BCUT2D eigenvalue weighted by Gasteiger charge is 2.16. The number of primary sulfonamides is 1. The molecule has 142 valence electrons. The predicted molar refractivity (Wildman–Crippen MR) is 102 cm³/mol. The lowest BCUT2D eigenvalue weighted by Crippen LogP contribution is -2.30. The lowest BCUT2D eigenvalue weighted by atomic mass is 10.1. The molecule has 26 heavy (non-hydrogen) atoms. The third kappa shape index (κ3) is 5.04. The number of aromatic hydroxyl groups is 1. The molecule has 0 saturated heterocycles. The third-order valence-corrected chi connectivity index (χ3v) is 5.10. The molecule has 2 aromatic rings. The first-order chi connectivity index (χ1) is 12.1. The molecule has 0 amide bonds. The van der Waals surface area contributed by atoms with Crippen LogP contribution in [0.2, 0.25) is 0 Å². The van der Waals surface area contributed by atoms with E-state index in [9.17, 15) is 18.6 Å². The highest BCUT2D eigenvalue weighted by Crippen LogP contribution is 2.29. The molecule has 0 fully saturated rings. The van der Waals surface area contributed by atoms with Crippen LogP contribution in [0.5, 0.6) is 5.75 Å². The molecule has 11 heteroatoms. The second kappa shape index (κ2) is 8.16. The maximum atomic E-state index is 11.3. The number of nitrogens with zero attached hydrogens (tertiary/aromatic N) is 2. The van der Waals surface area contributed by atoms with Crippen molar-refractivity contribution in [2.45, 2.75) is 24.8 Å². The zero-order valence-electron chi connectivity index (χ0n) is 14.1. The number of aromatic nitrogens is 2. The van der Waals surface area contributed by atoms with Gasteiger partial charge in [-0.15, -0.1) is 0 Å². The minimum absolute atomic E-state index is 0.0628. The molecule has 1 aromatic carbocycles. The largest absolute Gasteiger partial charge is 0.506 e. The average Bonchev–Trinajstić information content (AvgIpc) is 2.55. The van der Waals surface area contributed by atoms with Crippen LogP contribution in [-0.4, -0.2) is 41.2 Å². The van der Waals surface area contributed by atoms with Crippen LogP contribution < -0.4 is 15.8 Å². The number of sulfonamides is 1. The number of aliphatic hydroxyl groups excluding tert-OH is 1. The van der Waals surface area contributed by atoms with Gasteiger partial charge in [0.1, 0.15) is 11.6 Å². The van der Waals surface area contributed by atoms with Gasteiger partial charge in [0.05, 0.1) is 27.7 Å². The van der Waals surface area contributed by atoms with E-state index in [-0.39, 0.29) is 40.8 Å². The van der Waals surface area contributed by atoms with Gasteiger partial charge in [0.2, 0.25) is 16.0 Å². The Morgan fingerprint density at radius 2 is 2.04 bits per heavy atom. The van der Waals surface area contributed by atoms with Crippen LogP contribution in [0.25, 0.3) is 0 Å². The van der Waals surface area contributed by atoms with Gasteiger partial charge >= 0.3 is 0 Å². The van der Waals surface area contributed by atoms with Gasteiger partial charge in [0, 0.05) is 12.3 Å². The van der Waals surface area contributed by atoms with Crippen molar-refractivity contribution in [1.29, 1.82) is 0 Å². The molecule has 2 rings (SSSR count). The van der Waals surface area contributed by atoms with Gasteiger partial charge in [-0.1, -0.05) is 13.8 Å². The predicted octanol–water partition coefficient (Wildman–Crippen LogP) is 1.76. The van der Waals surface area contributed by atoms with Gasteiger partial charge in [-0.3, -0.25) is 0 Å². The van der Waals surface area contributed by atoms with Crippen molar-refractivity contribution >= 4 is 43.4 Å². The molecule has 0 aliphatic carbocycles. The van der Waals surface area contributed by atoms with E-state index in [1.54, 1.807) is 0 Å². The molecule has 0 bridgehead atoms. The number of rotatable bonds is 7. The first kappa shape index (κ1) is 20.4. The number of aliphatic hydroxyl groups is 1. The third-order valence-electron chi connectivity index (χ3n) is 3.61. The van der Waals surface area contributed by atoms with Crippen LogP contribution in [0.1, 0.15) is 13.8 Å². The molecule has 0 aliphatic rings. The van der Waals surface area contributed by atoms with Gasteiger partial charge in [-0.2, -0.15) is 4.98 Å². The van der Waals surface area contributed by atoms with Crippen LogP contribution >= 0.6 is 15.9 Å².